The molecule has 18 heavy (non-hydrogen) atoms. The zero-order valence-corrected chi connectivity index (χ0v) is 10.3. The summed E-state index contributed by atoms with van der Waals surface area (Å²) < 4.78 is 2.08. The van der Waals surface area contributed by atoms with Gasteiger partial charge in [0.2, 0.25) is 0 Å². The third-order valence-corrected chi connectivity index (χ3v) is 3.01. The van der Waals surface area contributed by atoms with Crippen LogP contribution in [0.5, 0.6) is 0 Å². The second-order valence-corrected chi connectivity index (χ2v) is 4.08. The molecule has 0 bridgehead atoms. The highest BCUT2D eigenvalue weighted by molar-refractivity contribution is 5.97. The van der Waals surface area contributed by atoms with Crippen LogP contribution < -0.4 is 5.32 Å². The van der Waals surface area contributed by atoms with E-state index in [0.717, 1.165) is 22.5 Å². The molecule has 0 aliphatic carbocycles. The van der Waals surface area contributed by atoms with Gasteiger partial charge in [0.05, 0.1) is 0 Å². The third kappa shape index (κ3) is 1.52. The molecular weight excluding hydrogens is 226 g/mol. The predicted octanol–water partition coefficient (Wildman–Crippen LogP) is 2.07. The maximum absolute atomic E-state index is 4.20. The number of hydrogen-bond donors (Lipinski definition) is 1. The van der Waals surface area contributed by atoms with Crippen molar-refractivity contribution in [2.75, 3.05) is 12.4 Å². The SMILES string of the molecule is CNc1ncnnc1-c1cn(C)c2ccccc12. The molecule has 0 saturated heterocycles. The highest BCUT2D eigenvalue weighted by atomic mass is 15.2. The van der Waals surface area contributed by atoms with Gasteiger partial charge < -0.3 is 9.88 Å². The molecule has 5 nitrogen and oxygen atoms in total. The van der Waals surface area contributed by atoms with Crippen LogP contribution in [-0.2, 0) is 7.05 Å². The van der Waals surface area contributed by atoms with Gasteiger partial charge >= 0.3 is 0 Å². The second kappa shape index (κ2) is 4.10. The highest BCUT2D eigenvalue weighted by Gasteiger charge is 2.13. The van der Waals surface area contributed by atoms with E-state index in [1.165, 1.54) is 11.8 Å². The number of aromatic nitrogens is 4. The Morgan fingerprint density at radius 1 is 1.22 bits per heavy atom. The average molecular weight is 239 g/mol. The van der Waals surface area contributed by atoms with E-state index >= 15 is 0 Å². The fourth-order valence-electron chi connectivity index (χ4n) is 2.17. The van der Waals surface area contributed by atoms with Crippen LogP contribution in [0.3, 0.4) is 0 Å². The number of fused-ring (bicyclic) bond motifs is 1. The molecule has 3 rings (SSSR count). The van der Waals surface area contributed by atoms with Gasteiger partial charge in [0.25, 0.3) is 0 Å². The molecule has 0 aliphatic rings. The molecule has 5 heteroatoms. The van der Waals surface area contributed by atoms with E-state index in [0.29, 0.717) is 0 Å². The molecule has 0 aliphatic heterocycles. The van der Waals surface area contributed by atoms with Crippen LogP contribution in [0, 0.1) is 0 Å². The molecule has 0 spiro atoms. The van der Waals surface area contributed by atoms with Crippen LogP contribution in [0.15, 0.2) is 36.8 Å². The van der Waals surface area contributed by atoms with E-state index < -0.39 is 0 Å². The van der Waals surface area contributed by atoms with Crippen LogP contribution in [-0.4, -0.2) is 26.8 Å². The first-order valence-electron chi connectivity index (χ1n) is 5.71. The lowest BCUT2D eigenvalue weighted by Crippen LogP contribution is -1.99. The third-order valence-electron chi connectivity index (χ3n) is 3.01. The topological polar surface area (TPSA) is 55.6 Å². The van der Waals surface area contributed by atoms with Crippen LogP contribution in [0.4, 0.5) is 5.82 Å². The molecule has 0 fully saturated rings. The number of aryl methyl sites for hydroxylation is 1. The van der Waals surface area contributed by atoms with Crippen molar-refractivity contribution in [2.45, 2.75) is 0 Å². The normalized spacial score (nSPS) is 10.8. The Labute approximate surface area is 104 Å². The van der Waals surface area contributed by atoms with E-state index in [1.807, 2.05) is 26.2 Å². The van der Waals surface area contributed by atoms with Crippen molar-refractivity contribution in [1.82, 2.24) is 19.7 Å². The lowest BCUT2D eigenvalue weighted by atomic mass is 10.1. The number of anilines is 1. The summed E-state index contributed by atoms with van der Waals surface area (Å²) in [6, 6.07) is 8.22. The van der Waals surface area contributed by atoms with Crippen LogP contribution in [0.25, 0.3) is 22.2 Å². The van der Waals surface area contributed by atoms with Crippen molar-refractivity contribution in [1.29, 1.82) is 0 Å². The summed E-state index contributed by atoms with van der Waals surface area (Å²) in [5, 5.41) is 12.3. The Bertz CT molecular complexity index is 701. The Balaban J connectivity index is 2.32. The highest BCUT2D eigenvalue weighted by Crippen LogP contribution is 2.31. The van der Waals surface area contributed by atoms with Crippen LogP contribution >= 0.6 is 0 Å². The minimum atomic E-state index is 0.737. The minimum absolute atomic E-state index is 0.737. The summed E-state index contributed by atoms with van der Waals surface area (Å²) >= 11 is 0. The zero-order chi connectivity index (χ0) is 12.5. The maximum Gasteiger partial charge on any atom is 0.156 e. The lowest BCUT2D eigenvalue weighted by molar-refractivity contribution is 0.958. The molecular formula is C13H13N5. The summed E-state index contributed by atoms with van der Waals surface area (Å²) in [7, 11) is 3.85. The Kier molecular flexibility index (Phi) is 2.44. The Hall–Kier alpha value is -2.43. The van der Waals surface area contributed by atoms with E-state index in [1.54, 1.807) is 0 Å². The number of nitrogens with one attached hydrogen (secondary N) is 1. The zero-order valence-electron chi connectivity index (χ0n) is 10.3. The summed E-state index contributed by atoms with van der Waals surface area (Å²) in [5.41, 5.74) is 2.98. The van der Waals surface area contributed by atoms with Gasteiger partial charge in [-0.1, -0.05) is 18.2 Å². The van der Waals surface area contributed by atoms with Crippen molar-refractivity contribution in [3.63, 3.8) is 0 Å². The summed E-state index contributed by atoms with van der Waals surface area (Å²) in [6.07, 6.45) is 3.50. The van der Waals surface area contributed by atoms with Crippen LogP contribution in [0.1, 0.15) is 0 Å². The van der Waals surface area contributed by atoms with E-state index in [2.05, 4.69) is 43.4 Å². The predicted molar refractivity (Wildman–Crippen MR) is 71.3 cm³/mol. The van der Waals surface area contributed by atoms with E-state index in [4.69, 9.17) is 0 Å². The standard InChI is InChI=1S/C13H13N5/c1-14-13-12(17-16-8-15-13)10-7-18(2)11-6-4-3-5-9(10)11/h3-8H,1-2H3,(H,14,15,16). The van der Waals surface area contributed by atoms with Crippen molar-refractivity contribution in [3.05, 3.63) is 36.8 Å². The summed E-state index contributed by atoms with van der Waals surface area (Å²) in [5.74, 6) is 0.737. The molecule has 0 unspecified atom stereocenters. The smallest absolute Gasteiger partial charge is 0.156 e. The molecule has 1 N–H and O–H groups in total. The van der Waals surface area contributed by atoms with Crippen molar-refractivity contribution < 1.29 is 0 Å². The molecule has 0 amide bonds. The van der Waals surface area contributed by atoms with Gasteiger partial charge in [0.1, 0.15) is 12.0 Å². The average Bonchev–Trinajstić information content (AvgIpc) is 2.77. The van der Waals surface area contributed by atoms with Crippen LogP contribution in [0.2, 0.25) is 0 Å². The number of nitrogens with zero attached hydrogens (tertiary/aromatic N) is 4. The fourth-order valence-corrected chi connectivity index (χ4v) is 2.17. The van der Waals surface area contributed by atoms with Gasteiger partial charge in [-0.25, -0.2) is 4.98 Å². The molecule has 3 aromatic rings. The van der Waals surface area contributed by atoms with Gasteiger partial charge in [0.15, 0.2) is 5.82 Å². The first-order valence-corrected chi connectivity index (χ1v) is 5.71. The van der Waals surface area contributed by atoms with Gasteiger partial charge in [0, 0.05) is 36.8 Å². The molecule has 0 radical (unpaired) electrons. The van der Waals surface area contributed by atoms with Gasteiger partial charge in [-0.05, 0) is 6.07 Å². The molecule has 90 valence electrons. The molecule has 0 saturated carbocycles. The van der Waals surface area contributed by atoms with E-state index in [-0.39, 0.29) is 0 Å². The molecule has 0 atom stereocenters. The van der Waals surface area contributed by atoms with E-state index in [9.17, 15) is 0 Å². The maximum atomic E-state index is 4.20. The van der Waals surface area contributed by atoms with Crippen molar-refractivity contribution in [2.24, 2.45) is 7.05 Å². The number of hydrogen-bond acceptors (Lipinski definition) is 4. The summed E-state index contributed by atoms with van der Waals surface area (Å²) in [4.78, 5) is 4.20. The fraction of sp³-hybridized carbons (Fsp3) is 0.154. The quantitative estimate of drug-likeness (QED) is 0.743. The first-order chi connectivity index (χ1) is 8.81. The second-order valence-electron chi connectivity index (χ2n) is 4.08. The summed E-state index contributed by atoms with van der Waals surface area (Å²) in [6.45, 7) is 0. The van der Waals surface area contributed by atoms with Gasteiger partial charge in [-0.2, -0.15) is 0 Å². The Morgan fingerprint density at radius 3 is 2.89 bits per heavy atom. The van der Waals surface area contributed by atoms with Crippen molar-refractivity contribution in [3.8, 4) is 11.3 Å². The number of rotatable bonds is 2. The minimum Gasteiger partial charge on any atom is -0.371 e. The van der Waals surface area contributed by atoms with Gasteiger partial charge in [-0.3, -0.25) is 0 Å². The monoisotopic (exact) mass is 239 g/mol. The molecule has 2 heterocycles. The Morgan fingerprint density at radius 2 is 2.06 bits per heavy atom. The number of para-hydroxylation sites is 1. The van der Waals surface area contributed by atoms with Crippen molar-refractivity contribution >= 4 is 16.7 Å². The largest absolute Gasteiger partial charge is 0.371 e. The van der Waals surface area contributed by atoms with Gasteiger partial charge in [-0.15, -0.1) is 10.2 Å². The first kappa shape index (κ1) is 10.7. The molecule has 2 aromatic heterocycles. The lowest BCUT2D eigenvalue weighted by Gasteiger charge is -2.03. The number of benzene rings is 1. The molecule has 1 aromatic carbocycles.